The van der Waals surface area contributed by atoms with Crippen LogP contribution in [0, 0.1) is 5.92 Å². The van der Waals surface area contributed by atoms with Gasteiger partial charge >= 0.3 is 6.03 Å². The topological polar surface area (TPSA) is 61.4 Å². The smallest absolute Gasteiger partial charge is 0.315 e. The fourth-order valence-electron chi connectivity index (χ4n) is 1.84. The first kappa shape index (κ1) is 14.0. The van der Waals surface area contributed by atoms with Crippen LogP contribution in [0.25, 0.3) is 0 Å². The van der Waals surface area contributed by atoms with Gasteiger partial charge in [-0.2, -0.15) is 0 Å². The minimum absolute atomic E-state index is 0.163. The van der Waals surface area contributed by atoms with Crippen LogP contribution in [-0.2, 0) is 0 Å². The molecule has 1 rings (SSSR count). The van der Waals surface area contributed by atoms with Gasteiger partial charge < -0.3 is 15.7 Å². The van der Waals surface area contributed by atoms with Crippen LogP contribution >= 0.6 is 0 Å². The van der Waals surface area contributed by atoms with Gasteiger partial charge in [0.1, 0.15) is 0 Å². The predicted molar refractivity (Wildman–Crippen MR) is 68.8 cm³/mol. The Labute approximate surface area is 103 Å². The molecule has 0 aliphatic heterocycles. The lowest BCUT2D eigenvalue weighted by atomic mass is 9.89. The fraction of sp³-hybridized carbons (Fsp3) is 0.769. The maximum atomic E-state index is 11.6. The highest BCUT2D eigenvalue weighted by Gasteiger charge is 2.27. The van der Waals surface area contributed by atoms with E-state index in [1.807, 2.05) is 13.8 Å². The zero-order valence-corrected chi connectivity index (χ0v) is 11.0. The molecule has 1 aliphatic carbocycles. The Balaban J connectivity index is 2.27. The summed E-state index contributed by atoms with van der Waals surface area (Å²) in [6.45, 7) is 6.07. The van der Waals surface area contributed by atoms with E-state index in [0.717, 1.165) is 19.3 Å². The van der Waals surface area contributed by atoms with E-state index in [9.17, 15) is 9.90 Å². The number of aliphatic hydroxyl groups is 1. The lowest BCUT2D eigenvalue weighted by molar-refractivity contribution is 0.00784. The van der Waals surface area contributed by atoms with E-state index in [1.54, 1.807) is 6.92 Å². The molecule has 0 aromatic rings. The molecule has 0 aromatic heterocycles. The highest BCUT2D eigenvalue weighted by Crippen LogP contribution is 2.18. The number of carbonyl (C=O) groups excluding carboxylic acids is 1. The molecule has 17 heavy (non-hydrogen) atoms. The maximum Gasteiger partial charge on any atom is 0.315 e. The third kappa shape index (κ3) is 4.38. The molecule has 4 heteroatoms. The van der Waals surface area contributed by atoms with Gasteiger partial charge in [0, 0.05) is 12.6 Å². The number of hydrogen-bond donors (Lipinski definition) is 3. The summed E-state index contributed by atoms with van der Waals surface area (Å²) in [5.74, 6) is 0.163. The van der Waals surface area contributed by atoms with Gasteiger partial charge in [0.25, 0.3) is 0 Å². The normalized spacial score (nSPS) is 20.9. The van der Waals surface area contributed by atoms with Crippen LogP contribution in [0.3, 0.4) is 0 Å². The van der Waals surface area contributed by atoms with Crippen molar-refractivity contribution in [3.63, 3.8) is 0 Å². The minimum Gasteiger partial charge on any atom is -0.388 e. The summed E-state index contributed by atoms with van der Waals surface area (Å²) in [7, 11) is 0. The molecular weight excluding hydrogens is 216 g/mol. The molecule has 2 unspecified atom stereocenters. The van der Waals surface area contributed by atoms with Crippen molar-refractivity contribution in [2.75, 3.05) is 6.54 Å². The zero-order valence-electron chi connectivity index (χ0n) is 11.0. The molecule has 0 bridgehead atoms. The quantitative estimate of drug-likeness (QED) is 0.642. The van der Waals surface area contributed by atoms with Crippen molar-refractivity contribution >= 4 is 6.03 Å². The molecule has 3 N–H and O–H groups in total. The molecular formula is C13H24N2O2. The van der Waals surface area contributed by atoms with Gasteiger partial charge in [-0.3, -0.25) is 0 Å². The van der Waals surface area contributed by atoms with Gasteiger partial charge in [0.2, 0.25) is 0 Å². The van der Waals surface area contributed by atoms with Crippen molar-refractivity contribution in [2.24, 2.45) is 5.92 Å². The Morgan fingerprint density at radius 1 is 1.53 bits per heavy atom. The van der Waals surface area contributed by atoms with Gasteiger partial charge in [0.05, 0.1) is 5.60 Å². The van der Waals surface area contributed by atoms with Gasteiger partial charge in [-0.15, -0.1) is 0 Å². The highest BCUT2D eigenvalue weighted by atomic mass is 16.3. The molecule has 2 amide bonds. The maximum absolute atomic E-state index is 11.6. The number of amides is 2. The molecule has 0 fully saturated rings. The summed E-state index contributed by atoms with van der Waals surface area (Å²) < 4.78 is 0. The SMILES string of the molecule is CCC(C)C(C)(O)CNC(=O)NC1CC=CC1. The molecule has 0 heterocycles. The lowest BCUT2D eigenvalue weighted by Gasteiger charge is -2.30. The number of nitrogens with one attached hydrogen (secondary N) is 2. The highest BCUT2D eigenvalue weighted by molar-refractivity contribution is 5.74. The summed E-state index contributed by atoms with van der Waals surface area (Å²) in [5, 5.41) is 15.8. The van der Waals surface area contributed by atoms with Crippen molar-refractivity contribution in [1.82, 2.24) is 10.6 Å². The Bertz CT molecular complexity index is 279. The second-order valence-corrected chi connectivity index (χ2v) is 5.13. The van der Waals surface area contributed by atoms with Gasteiger partial charge in [-0.05, 0) is 25.7 Å². The first-order valence-electron chi connectivity index (χ1n) is 6.37. The molecule has 2 atom stereocenters. The summed E-state index contributed by atoms with van der Waals surface area (Å²) >= 11 is 0. The largest absolute Gasteiger partial charge is 0.388 e. The summed E-state index contributed by atoms with van der Waals surface area (Å²) in [6.07, 6.45) is 6.83. The molecule has 98 valence electrons. The molecule has 0 radical (unpaired) electrons. The fourth-order valence-corrected chi connectivity index (χ4v) is 1.84. The third-order valence-electron chi connectivity index (χ3n) is 3.62. The van der Waals surface area contributed by atoms with Crippen LogP contribution in [0.5, 0.6) is 0 Å². The molecule has 1 aliphatic rings. The number of hydrogen-bond acceptors (Lipinski definition) is 2. The van der Waals surface area contributed by atoms with Crippen LogP contribution in [0.1, 0.15) is 40.0 Å². The second-order valence-electron chi connectivity index (χ2n) is 5.13. The third-order valence-corrected chi connectivity index (χ3v) is 3.62. The van der Waals surface area contributed by atoms with Crippen LogP contribution in [0.2, 0.25) is 0 Å². The van der Waals surface area contributed by atoms with Crippen LogP contribution in [0.4, 0.5) is 4.79 Å². The predicted octanol–water partition coefficient (Wildman–Crippen LogP) is 1.80. The van der Waals surface area contributed by atoms with Crippen LogP contribution in [0.15, 0.2) is 12.2 Å². The standard InChI is InChI=1S/C13H24N2O2/c1-4-10(2)13(3,17)9-14-12(16)15-11-7-5-6-8-11/h5-6,10-11,17H,4,7-9H2,1-3H3,(H2,14,15,16). The van der Waals surface area contributed by atoms with Gasteiger partial charge in [0.15, 0.2) is 0 Å². The van der Waals surface area contributed by atoms with E-state index in [2.05, 4.69) is 22.8 Å². The van der Waals surface area contributed by atoms with Crippen LogP contribution in [-0.4, -0.2) is 29.3 Å². The van der Waals surface area contributed by atoms with E-state index in [-0.39, 0.29) is 24.5 Å². The number of carbonyl (C=O) groups is 1. The summed E-state index contributed by atoms with van der Waals surface area (Å²) in [5.41, 5.74) is -0.847. The Kier molecular flexibility index (Phi) is 5.00. The minimum atomic E-state index is -0.847. The van der Waals surface area contributed by atoms with E-state index < -0.39 is 5.60 Å². The van der Waals surface area contributed by atoms with Crippen molar-refractivity contribution < 1.29 is 9.90 Å². The molecule has 4 nitrogen and oxygen atoms in total. The van der Waals surface area contributed by atoms with Gasteiger partial charge in [-0.25, -0.2) is 4.79 Å². The van der Waals surface area contributed by atoms with Crippen molar-refractivity contribution in [3.05, 3.63) is 12.2 Å². The van der Waals surface area contributed by atoms with E-state index in [1.165, 1.54) is 0 Å². The summed E-state index contributed by atoms with van der Waals surface area (Å²) in [4.78, 5) is 11.6. The second kappa shape index (κ2) is 6.05. The van der Waals surface area contributed by atoms with E-state index in [0.29, 0.717) is 0 Å². The molecule has 0 aromatic carbocycles. The Morgan fingerprint density at radius 2 is 2.12 bits per heavy atom. The van der Waals surface area contributed by atoms with E-state index in [4.69, 9.17) is 0 Å². The summed E-state index contributed by atoms with van der Waals surface area (Å²) in [6, 6.07) is 0.0193. The molecule has 0 spiro atoms. The first-order chi connectivity index (χ1) is 7.95. The Hall–Kier alpha value is -1.03. The molecule has 0 saturated carbocycles. The lowest BCUT2D eigenvalue weighted by Crippen LogP contribution is -2.49. The van der Waals surface area contributed by atoms with Crippen molar-refractivity contribution in [2.45, 2.75) is 51.7 Å². The average Bonchev–Trinajstić information content (AvgIpc) is 2.78. The van der Waals surface area contributed by atoms with Crippen molar-refractivity contribution in [3.8, 4) is 0 Å². The number of rotatable bonds is 5. The Morgan fingerprint density at radius 3 is 2.65 bits per heavy atom. The van der Waals surface area contributed by atoms with Gasteiger partial charge in [-0.1, -0.05) is 32.4 Å². The average molecular weight is 240 g/mol. The number of urea groups is 1. The molecule has 0 saturated heterocycles. The zero-order chi connectivity index (χ0) is 12.9. The van der Waals surface area contributed by atoms with Crippen molar-refractivity contribution in [1.29, 1.82) is 0 Å². The van der Waals surface area contributed by atoms with E-state index >= 15 is 0 Å². The van der Waals surface area contributed by atoms with Crippen LogP contribution < -0.4 is 10.6 Å². The monoisotopic (exact) mass is 240 g/mol. The first-order valence-corrected chi connectivity index (χ1v) is 6.37.